The van der Waals surface area contributed by atoms with Crippen LogP contribution in [0.1, 0.15) is 69.7 Å². The Morgan fingerprint density at radius 1 is 1.09 bits per heavy atom. The lowest BCUT2D eigenvalue weighted by atomic mass is 9.71. The molecule has 1 spiro atoms. The standard InChI is InChI=1S/C34H45FN8O2/c1-4-43(24(2)3)32(44)28-18-26(35)8-11-29(28)45-30-19-36-23-39-31(30)42-21-34(22-42)12-16-41(17-13-34)20-25-6-9-27(10-7-25)40-33-37-14-5-15-38-33/h5,8,11,14-15,18-19,23-25,27H,4,6-7,9-10,12-13,16-17,20-22H2,1-3H3,(H,37,38,40)/t25-,27-. The van der Waals surface area contributed by atoms with E-state index in [-0.39, 0.29) is 22.9 Å². The maximum atomic E-state index is 14.3. The summed E-state index contributed by atoms with van der Waals surface area (Å²) >= 11 is 0. The molecule has 3 aliphatic rings. The van der Waals surface area contributed by atoms with Gasteiger partial charge < -0.3 is 24.8 Å². The monoisotopic (exact) mass is 616 g/mol. The fourth-order valence-electron chi connectivity index (χ4n) is 7.24. The first-order chi connectivity index (χ1) is 21.8. The van der Waals surface area contributed by atoms with Crippen molar-refractivity contribution in [1.29, 1.82) is 0 Å². The second-order valence-electron chi connectivity index (χ2n) is 13.2. The van der Waals surface area contributed by atoms with E-state index in [4.69, 9.17) is 4.74 Å². The molecule has 1 N–H and O–H groups in total. The molecule has 2 saturated heterocycles. The molecule has 45 heavy (non-hydrogen) atoms. The molecule has 11 heteroatoms. The molecule has 3 aromatic rings. The lowest BCUT2D eigenvalue weighted by Crippen LogP contribution is -2.61. The first-order valence-electron chi connectivity index (χ1n) is 16.4. The van der Waals surface area contributed by atoms with Gasteiger partial charge in [0.25, 0.3) is 5.91 Å². The van der Waals surface area contributed by atoms with Gasteiger partial charge in [-0.15, -0.1) is 0 Å². The number of nitrogens with zero attached hydrogens (tertiary/aromatic N) is 7. The highest BCUT2D eigenvalue weighted by molar-refractivity contribution is 5.97. The van der Waals surface area contributed by atoms with Crippen LogP contribution in [0.25, 0.3) is 0 Å². The van der Waals surface area contributed by atoms with Crippen molar-refractivity contribution < 1.29 is 13.9 Å². The first kappa shape index (κ1) is 31.1. The third kappa shape index (κ3) is 7.19. The quantitative estimate of drug-likeness (QED) is 0.310. The lowest BCUT2D eigenvalue weighted by molar-refractivity contribution is 0.0623. The molecule has 1 aromatic carbocycles. The van der Waals surface area contributed by atoms with Gasteiger partial charge in [-0.3, -0.25) is 4.79 Å². The lowest BCUT2D eigenvalue weighted by Gasteiger charge is -2.54. The second-order valence-corrected chi connectivity index (χ2v) is 13.2. The molecule has 0 bridgehead atoms. The molecule has 10 nitrogen and oxygen atoms in total. The fraction of sp³-hybridized carbons (Fsp3) is 0.559. The number of hydrogen-bond donors (Lipinski definition) is 1. The van der Waals surface area contributed by atoms with Crippen LogP contribution in [0.3, 0.4) is 0 Å². The van der Waals surface area contributed by atoms with Crippen LogP contribution >= 0.6 is 0 Å². The second kappa shape index (κ2) is 13.6. The molecular formula is C34H45FN8O2. The molecule has 4 heterocycles. The predicted octanol–water partition coefficient (Wildman–Crippen LogP) is 5.64. The number of aromatic nitrogens is 4. The van der Waals surface area contributed by atoms with Crippen LogP contribution in [0.2, 0.25) is 0 Å². The molecule has 3 fully saturated rings. The predicted molar refractivity (Wildman–Crippen MR) is 172 cm³/mol. The summed E-state index contributed by atoms with van der Waals surface area (Å²) in [4.78, 5) is 37.3. The van der Waals surface area contributed by atoms with E-state index < -0.39 is 5.82 Å². The number of nitrogens with one attached hydrogen (secondary N) is 1. The molecule has 0 unspecified atom stereocenters. The summed E-state index contributed by atoms with van der Waals surface area (Å²) in [6, 6.07) is 6.37. The zero-order valence-electron chi connectivity index (χ0n) is 26.7. The van der Waals surface area contributed by atoms with Crippen LogP contribution in [-0.4, -0.2) is 87.0 Å². The van der Waals surface area contributed by atoms with Crippen molar-refractivity contribution in [1.82, 2.24) is 29.7 Å². The summed E-state index contributed by atoms with van der Waals surface area (Å²) in [6.45, 7) is 11.6. The van der Waals surface area contributed by atoms with E-state index in [1.54, 1.807) is 23.5 Å². The molecule has 2 aliphatic heterocycles. The number of ether oxygens (including phenoxy) is 1. The molecule has 240 valence electrons. The van der Waals surface area contributed by atoms with Gasteiger partial charge in [-0.2, -0.15) is 0 Å². The van der Waals surface area contributed by atoms with Gasteiger partial charge in [0.05, 0.1) is 11.8 Å². The van der Waals surface area contributed by atoms with Crippen molar-refractivity contribution in [2.24, 2.45) is 11.3 Å². The number of hydrogen-bond acceptors (Lipinski definition) is 9. The normalized spacial score (nSPS) is 21.4. The smallest absolute Gasteiger partial charge is 0.257 e. The van der Waals surface area contributed by atoms with Crippen molar-refractivity contribution in [2.75, 3.05) is 49.5 Å². The van der Waals surface area contributed by atoms with Crippen LogP contribution in [0.15, 0.2) is 49.2 Å². The highest BCUT2D eigenvalue weighted by atomic mass is 19.1. The van der Waals surface area contributed by atoms with E-state index in [9.17, 15) is 9.18 Å². The van der Waals surface area contributed by atoms with E-state index in [0.29, 0.717) is 29.9 Å². The number of benzene rings is 1. The van der Waals surface area contributed by atoms with Crippen LogP contribution in [0.5, 0.6) is 11.5 Å². The molecule has 0 radical (unpaired) electrons. The van der Waals surface area contributed by atoms with Gasteiger partial charge in [0.1, 0.15) is 17.9 Å². The number of likely N-dealkylation sites (tertiary alicyclic amines) is 1. The third-order valence-corrected chi connectivity index (χ3v) is 9.81. The summed E-state index contributed by atoms with van der Waals surface area (Å²) in [5, 5.41) is 3.50. The van der Waals surface area contributed by atoms with Gasteiger partial charge in [0.15, 0.2) is 11.6 Å². The zero-order chi connectivity index (χ0) is 31.4. The van der Waals surface area contributed by atoms with E-state index in [1.165, 1.54) is 69.6 Å². The SMILES string of the molecule is CCN(C(=O)c1cc(F)ccc1Oc1cncnc1N1CC2(CCN(C[C@H]3CC[C@H](Nc4ncccn4)CC3)CC2)C1)C(C)C. The van der Waals surface area contributed by atoms with Gasteiger partial charge in [-0.25, -0.2) is 24.3 Å². The van der Waals surface area contributed by atoms with Crippen molar-refractivity contribution in [2.45, 2.75) is 71.4 Å². The van der Waals surface area contributed by atoms with Gasteiger partial charge in [-0.1, -0.05) is 0 Å². The van der Waals surface area contributed by atoms with Crippen molar-refractivity contribution in [3.8, 4) is 11.5 Å². The Morgan fingerprint density at radius 3 is 2.51 bits per heavy atom. The summed E-state index contributed by atoms with van der Waals surface area (Å²) in [6.07, 6.45) is 13.9. The topological polar surface area (TPSA) is 99.6 Å². The Kier molecular flexibility index (Phi) is 9.44. The summed E-state index contributed by atoms with van der Waals surface area (Å²) < 4.78 is 20.5. The summed E-state index contributed by atoms with van der Waals surface area (Å²) in [7, 11) is 0. The van der Waals surface area contributed by atoms with Gasteiger partial charge in [0.2, 0.25) is 5.95 Å². The first-order valence-corrected chi connectivity index (χ1v) is 16.4. The number of carbonyl (C=O) groups is 1. The van der Waals surface area contributed by atoms with Crippen molar-refractivity contribution in [3.05, 3.63) is 60.6 Å². The number of halogens is 1. The van der Waals surface area contributed by atoms with E-state index in [2.05, 4.69) is 35.1 Å². The number of amides is 1. The largest absolute Gasteiger partial charge is 0.451 e. The van der Waals surface area contributed by atoms with E-state index in [0.717, 1.165) is 38.0 Å². The Bertz CT molecular complexity index is 1430. The highest BCUT2D eigenvalue weighted by Crippen LogP contribution is 2.45. The van der Waals surface area contributed by atoms with Gasteiger partial charge in [0, 0.05) is 56.1 Å². The van der Waals surface area contributed by atoms with Gasteiger partial charge in [-0.05, 0) is 103 Å². The highest BCUT2D eigenvalue weighted by Gasteiger charge is 2.46. The van der Waals surface area contributed by atoms with Crippen LogP contribution < -0.4 is 15.0 Å². The molecule has 6 rings (SSSR count). The van der Waals surface area contributed by atoms with Crippen molar-refractivity contribution >= 4 is 17.7 Å². The maximum Gasteiger partial charge on any atom is 0.257 e. The van der Waals surface area contributed by atoms with E-state index in [1.807, 2.05) is 26.8 Å². The Morgan fingerprint density at radius 2 is 1.82 bits per heavy atom. The third-order valence-electron chi connectivity index (χ3n) is 9.81. The van der Waals surface area contributed by atoms with Crippen molar-refractivity contribution in [3.63, 3.8) is 0 Å². The van der Waals surface area contributed by atoms with Gasteiger partial charge >= 0.3 is 0 Å². The Balaban J connectivity index is 1.02. The minimum Gasteiger partial charge on any atom is -0.451 e. The number of rotatable bonds is 10. The minimum absolute atomic E-state index is 0.0225. The summed E-state index contributed by atoms with van der Waals surface area (Å²) in [5.41, 5.74) is 0.481. The molecule has 0 atom stereocenters. The number of piperidine rings is 1. The molecule has 1 saturated carbocycles. The Labute approximate surface area is 265 Å². The maximum absolute atomic E-state index is 14.3. The molecule has 1 amide bonds. The molecule has 2 aromatic heterocycles. The van der Waals surface area contributed by atoms with Crippen LogP contribution in [0, 0.1) is 17.2 Å². The molecular weight excluding hydrogens is 571 g/mol. The van der Waals surface area contributed by atoms with E-state index >= 15 is 0 Å². The average Bonchev–Trinajstić information content (AvgIpc) is 3.03. The minimum atomic E-state index is -0.478. The molecule has 1 aliphatic carbocycles. The van der Waals surface area contributed by atoms with Crippen LogP contribution in [-0.2, 0) is 0 Å². The summed E-state index contributed by atoms with van der Waals surface area (Å²) in [5.74, 6) is 2.23. The zero-order valence-corrected chi connectivity index (χ0v) is 26.7. The number of carbonyl (C=O) groups excluding carboxylic acids is 1. The Hall–Kier alpha value is -3.86. The fourth-order valence-corrected chi connectivity index (χ4v) is 7.24. The van der Waals surface area contributed by atoms with Crippen LogP contribution in [0.4, 0.5) is 16.2 Å². The number of anilines is 2. The average molecular weight is 617 g/mol.